The summed E-state index contributed by atoms with van der Waals surface area (Å²) in [6.45, 7) is 2.88. The third-order valence-electron chi connectivity index (χ3n) is 4.07. The minimum absolute atomic E-state index is 0.190. The monoisotopic (exact) mass is 362 g/mol. The molecule has 0 atom stereocenters. The van der Waals surface area contributed by atoms with Gasteiger partial charge < -0.3 is 20.1 Å². The van der Waals surface area contributed by atoms with E-state index in [2.05, 4.69) is 39.7 Å². The molecular weight excluding hydrogens is 344 g/mol. The normalized spacial score (nSPS) is 11.9. The summed E-state index contributed by atoms with van der Waals surface area (Å²) in [4.78, 5) is 20.8. The Morgan fingerprint density at radius 1 is 1.07 bits per heavy atom. The molecule has 27 heavy (non-hydrogen) atoms. The number of nitrogens with one attached hydrogen (secondary N) is 2. The molecule has 136 valence electrons. The molecule has 4 rings (SSSR count). The van der Waals surface area contributed by atoms with Crippen molar-refractivity contribution in [3.63, 3.8) is 0 Å². The van der Waals surface area contributed by atoms with Gasteiger partial charge in [0.25, 0.3) is 5.91 Å². The number of fused-ring (bicyclic) bond motifs is 1. The number of hydrogen-bond donors (Lipinski definition) is 2. The van der Waals surface area contributed by atoms with E-state index >= 15 is 0 Å². The molecule has 0 radical (unpaired) electrons. The van der Waals surface area contributed by atoms with Gasteiger partial charge >= 0.3 is 0 Å². The minimum Gasteiger partial charge on any atom is -0.454 e. The number of hydrogen-bond acceptors (Lipinski definition) is 6. The van der Waals surface area contributed by atoms with Crippen molar-refractivity contribution in [1.82, 2.24) is 9.97 Å². The van der Waals surface area contributed by atoms with E-state index in [1.54, 1.807) is 24.4 Å². The largest absolute Gasteiger partial charge is 0.454 e. The lowest BCUT2D eigenvalue weighted by Crippen LogP contribution is -2.14. The second-order valence-electron chi connectivity index (χ2n) is 6.15. The third-order valence-corrected chi connectivity index (χ3v) is 4.07. The molecule has 0 bridgehead atoms. The first kappa shape index (κ1) is 16.8. The summed E-state index contributed by atoms with van der Waals surface area (Å²) < 4.78 is 10.6. The van der Waals surface area contributed by atoms with Gasteiger partial charge in [0.05, 0.1) is 12.4 Å². The Morgan fingerprint density at radius 2 is 1.96 bits per heavy atom. The quantitative estimate of drug-likeness (QED) is 0.724. The lowest BCUT2D eigenvalue weighted by atomic mass is 10.1. The van der Waals surface area contributed by atoms with E-state index in [4.69, 9.17) is 9.47 Å². The minimum atomic E-state index is -0.341. The van der Waals surface area contributed by atoms with Crippen molar-refractivity contribution < 1.29 is 14.3 Å². The fourth-order valence-corrected chi connectivity index (χ4v) is 2.72. The maximum Gasteiger partial charge on any atom is 0.275 e. The molecule has 3 aromatic rings. The molecule has 1 aromatic heterocycles. The second-order valence-corrected chi connectivity index (χ2v) is 6.15. The number of rotatable bonds is 5. The molecule has 2 heterocycles. The molecule has 7 nitrogen and oxygen atoms in total. The highest BCUT2D eigenvalue weighted by Gasteiger charge is 2.15. The zero-order valence-corrected chi connectivity index (χ0v) is 14.7. The summed E-state index contributed by atoms with van der Waals surface area (Å²) in [5.74, 6) is 1.54. The number of carbonyl (C=O) groups excluding carboxylic acids is 1. The Bertz CT molecular complexity index is 973. The number of anilines is 2. The van der Waals surface area contributed by atoms with Gasteiger partial charge in [-0.05, 0) is 24.6 Å². The van der Waals surface area contributed by atoms with Crippen LogP contribution in [0.1, 0.15) is 21.6 Å². The number of benzene rings is 2. The van der Waals surface area contributed by atoms with Crippen LogP contribution in [0.25, 0.3) is 0 Å². The van der Waals surface area contributed by atoms with Crippen LogP contribution in [0.2, 0.25) is 0 Å². The lowest BCUT2D eigenvalue weighted by molar-refractivity contribution is 0.102. The van der Waals surface area contributed by atoms with Crippen molar-refractivity contribution in [3.05, 3.63) is 71.7 Å². The first-order valence-corrected chi connectivity index (χ1v) is 8.50. The highest BCUT2D eigenvalue weighted by Crippen LogP contribution is 2.34. The van der Waals surface area contributed by atoms with Crippen molar-refractivity contribution in [2.45, 2.75) is 13.5 Å². The van der Waals surface area contributed by atoms with Crippen LogP contribution < -0.4 is 20.1 Å². The zero-order chi connectivity index (χ0) is 18.6. The second kappa shape index (κ2) is 7.33. The number of aryl methyl sites for hydroxylation is 1. The predicted molar refractivity (Wildman–Crippen MR) is 101 cm³/mol. The SMILES string of the molecule is Cc1cccc(CNc2cnc(C(=O)Nc3ccc4c(c3)OCO4)cn2)c1. The van der Waals surface area contributed by atoms with E-state index in [0.717, 1.165) is 5.56 Å². The third kappa shape index (κ3) is 3.98. The average molecular weight is 362 g/mol. The van der Waals surface area contributed by atoms with Gasteiger partial charge in [-0.15, -0.1) is 0 Å². The van der Waals surface area contributed by atoms with Gasteiger partial charge in [0.1, 0.15) is 11.5 Å². The van der Waals surface area contributed by atoms with Gasteiger partial charge in [0.2, 0.25) is 6.79 Å². The van der Waals surface area contributed by atoms with Crippen LogP contribution in [-0.4, -0.2) is 22.7 Å². The van der Waals surface area contributed by atoms with Crippen LogP contribution in [0.15, 0.2) is 54.9 Å². The van der Waals surface area contributed by atoms with Crippen molar-refractivity contribution in [3.8, 4) is 11.5 Å². The molecule has 0 aliphatic carbocycles. The lowest BCUT2D eigenvalue weighted by Gasteiger charge is -2.08. The maximum absolute atomic E-state index is 12.3. The van der Waals surface area contributed by atoms with Crippen LogP contribution >= 0.6 is 0 Å². The summed E-state index contributed by atoms with van der Waals surface area (Å²) in [6.07, 6.45) is 2.99. The smallest absolute Gasteiger partial charge is 0.275 e. The molecular formula is C20H18N4O3. The topological polar surface area (TPSA) is 85.4 Å². The molecule has 1 aliphatic rings. The van der Waals surface area contributed by atoms with Crippen molar-refractivity contribution in [2.24, 2.45) is 0 Å². The Balaban J connectivity index is 1.37. The van der Waals surface area contributed by atoms with Crippen LogP contribution in [0, 0.1) is 6.92 Å². The van der Waals surface area contributed by atoms with E-state index < -0.39 is 0 Å². The summed E-state index contributed by atoms with van der Waals surface area (Å²) in [7, 11) is 0. The summed E-state index contributed by atoms with van der Waals surface area (Å²) in [5, 5.41) is 5.97. The predicted octanol–water partition coefficient (Wildman–Crippen LogP) is 3.38. The molecule has 0 spiro atoms. The molecule has 1 amide bonds. The molecule has 0 saturated heterocycles. The standard InChI is InChI=1S/C20H18N4O3/c1-13-3-2-4-14(7-13)9-22-19-11-21-16(10-23-19)20(25)24-15-5-6-17-18(8-15)27-12-26-17/h2-8,10-11H,9,12H2,1H3,(H,22,23)(H,24,25). The molecule has 2 N–H and O–H groups in total. The van der Waals surface area contributed by atoms with Crippen LogP contribution in [0.5, 0.6) is 11.5 Å². The molecule has 0 fully saturated rings. The number of aromatic nitrogens is 2. The van der Waals surface area contributed by atoms with Gasteiger partial charge in [0.15, 0.2) is 11.5 Å². The Labute approximate surface area is 156 Å². The maximum atomic E-state index is 12.3. The summed E-state index contributed by atoms with van der Waals surface area (Å²) >= 11 is 0. The van der Waals surface area contributed by atoms with E-state index in [1.165, 1.54) is 11.8 Å². The van der Waals surface area contributed by atoms with Crippen molar-refractivity contribution in [1.29, 1.82) is 0 Å². The van der Waals surface area contributed by atoms with Gasteiger partial charge in [-0.2, -0.15) is 0 Å². The number of amides is 1. The first-order valence-electron chi connectivity index (χ1n) is 8.50. The summed E-state index contributed by atoms with van der Waals surface area (Å²) in [5.41, 5.74) is 3.19. The van der Waals surface area contributed by atoms with E-state index in [0.29, 0.717) is 29.5 Å². The van der Waals surface area contributed by atoms with Crippen LogP contribution in [0.4, 0.5) is 11.5 Å². The fourth-order valence-electron chi connectivity index (χ4n) is 2.72. The highest BCUT2D eigenvalue weighted by atomic mass is 16.7. The average Bonchev–Trinajstić information content (AvgIpc) is 3.15. The number of carbonyl (C=O) groups is 1. The molecule has 7 heteroatoms. The van der Waals surface area contributed by atoms with Gasteiger partial charge in [-0.3, -0.25) is 4.79 Å². The Morgan fingerprint density at radius 3 is 2.78 bits per heavy atom. The number of ether oxygens (including phenoxy) is 2. The molecule has 0 unspecified atom stereocenters. The Kier molecular flexibility index (Phi) is 4.57. The molecule has 0 saturated carbocycles. The van der Waals surface area contributed by atoms with Crippen molar-refractivity contribution >= 4 is 17.4 Å². The Hall–Kier alpha value is -3.61. The molecule has 1 aliphatic heterocycles. The van der Waals surface area contributed by atoms with Gasteiger partial charge in [0, 0.05) is 18.3 Å². The first-order chi connectivity index (χ1) is 13.2. The zero-order valence-electron chi connectivity index (χ0n) is 14.7. The van der Waals surface area contributed by atoms with Crippen LogP contribution in [-0.2, 0) is 6.54 Å². The molecule has 2 aromatic carbocycles. The van der Waals surface area contributed by atoms with E-state index in [-0.39, 0.29) is 18.4 Å². The fraction of sp³-hybridized carbons (Fsp3) is 0.150. The van der Waals surface area contributed by atoms with Crippen LogP contribution in [0.3, 0.4) is 0 Å². The summed E-state index contributed by atoms with van der Waals surface area (Å²) in [6, 6.07) is 13.4. The number of nitrogens with zero attached hydrogens (tertiary/aromatic N) is 2. The van der Waals surface area contributed by atoms with Crippen molar-refractivity contribution in [2.75, 3.05) is 17.4 Å². The van der Waals surface area contributed by atoms with Gasteiger partial charge in [-0.1, -0.05) is 29.8 Å². The van der Waals surface area contributed by atoms with E-state index in [9.17, 15) is 4.79 Å². The van der Waals surface area contributed by atoms with E-state index in [1.807, 2.05) is 12.1 Å². The van der Waals surface area contributed by atoms with Gasteiger partial charge in [-0.25, -0.2) is 9.97 Å². The highest BCUT2D eigenvalue weighted by molar-refractivity contribution is 6.02.